The summed E-state index contributed by atoms with van der Waals surface area (Å²) in [6, 6.07) is 16.2. The second-order valence-corrected chi connectivity index (χ2v) is 7.87. The molecule has 0 heterocycles. The normalized spacial score (nSPS) is 13.0. The molecule has 0 bridgehead atoms. The second-order valence-electron chi connectivity index (χ2n) is 7.87. The van der Waals surface area contributed by atoms with Crippen molar-refractivity contribution in [2.45, 2.75) is 39.2 Å². The third kappa shape index (κ3) is 10.8. The van der Waals surface area contributed by atoms with Gasteiger partial charge < -0.3 is 25.4 Å². The van der Waals surface area contributed by atoms with Crippen LogP contribution in [0, 0.1) is 6.92 Å². The Labute approximate surface area is 213 Å². The molecule has 0 radical (unpaired) electrons. The lowest BCUT2D eigenvalue weighted by molar-refractivity contribution is -0.123. The summed E-state index contributed by atoms with van der Waals surface area (Å²) in [7, 11) is 0. The van der Waals surface area contributed by atoms with Gasteiger partial charge in [-0.15, -0.1) is 24.0 Å². The van der Waals surface area contributed by atoms with E-state index in [-0.39, 0.29) is 36.5 Å². The first-order valence-electron chi connectivity index (χ1n) is 11.3. The molecule has 1 fully saturated rings. The van der Waals surface area contributed by atoms with Gasteiger partial charge in [0.1, 0.15) is 18.1 Å². The van der Waals surface area contributed by atoms with Crippen molar-refractivity contribution in [3.8, 4) is 11.5 Å². The van der Waals surface area contributed by atoms with Gasteiger partial charge in [0.25, 0.3) is 5.91 Å². The summed E-state index contributed by atoms with van der Waals surface area (Å²) in [4.78, 5) is 16.3. The summed E-state index contributed by atoms with van der Waals surface area (Å²) in [5, 5.41) is 9.47. The molecule has 33 heavy (non-hydrogen) atoms. The van der Waals surface area contributed by atoms with Crippen LogP contribution in [-0.2, 0) is 11.2 Å². The first-order chi connectivity index (χ1) is 15.6. The van der Waals surface area contributed by atoms with Gasteiger partial charge in [0.05, 0.1) is 6.54 Å². The van der Waals surface area contributed by atoms with Gasteiger partial charge in [0, 0.05) is 19.1 Å². The number of aryl methyl sites for hydroxylation is 1. The molecule has 0 spiro atoms. The van der Waals surface area contributed by atoms with E-state index in [1.165, 1.54) is 11.1 Å². The van der Waals surface area contributed by atoms with Gasteiger partial charge >= 0.3 is 0 Å². The fourth-order valence-corrected chi connectivity index (χ4v) is 3.01. The summed E-state index contributed by atoms with van der Waals surface area (Å²) in [5.74, 6) is 2.29. The Morgan fingerprint density at radius 1 is 1.00 bits per heavy atom. The van der Waals surface area contributed by atoms with E-state index in [2.05, 4.69) is 27.9 Å². The number of carbonyl (C=O) groups is 1. The Kier molecular flexibility index (Phi) is 11.9. The molecule has 3 rings (SSSR count). The number of halogens is 1. The zero-order valence-electron chi connectivity index (χ0n) is 19.4. The Morgan fingerprint density at radius 3 is 2.33 bits per heavy atom. The van der Waals surface area contributed by atoms with Crippen molar-refractivity contribution in [2.75, 3.05) is 32.8 Å². The predicted octanol–water partition coefficient (Wildman–Crippen LogP) is 3.45. The molecule has 2 aromatic rings. The maximum absolute atomic E-state index is 11.7. The molecule has 2 aromatic carbocycles. The van der Waals surface area contributed by atoms with Crippen molar-refractivity contribution in [1.82, 2.24) is 16.0 Å². The molecule has 0 atom stereocenters. The average Bonchev–Trinajstić information content (AvgIpc) is 3.61. The van der Waals surface area contributed by atoms with E-state index in [4.69, 9.17) is 9.47 Å². The van der Waals surface area contributed by atoms with Crippen LogP contribution in [0.1, 0.15) is 30.9 Å². The highest BCUT2D eigenvalue weighted by molar-refractivity contribution is 14.0. The summed E-state index contributed by atoms with van der Waals surface area (Å²) in [6.07, 6.45) is 2.98. The van der Waals surface area contributed by atoms with Crippen LogP contribution in [0.3, 0.4) is 0 Å². The van der Waals surface area contributed by atoms with Gasteiger partial charge in [-0.3, -0.25) is 9.79 Å². The second kappa shape index (κ2) is 14.6. The van der Waals surface area contributed by atoms with E-state index in [1.54, 1.807) is 0 Å². The molecule has 1 aliphatic rings. The van der Waals surface area contributed by atoms with E-state index >= 15 is 0 Å². The van der Waals surface area contributed by atoms with Crippen LogP contribution in [0.5, 0.6) is 11.5 Å². The first kappa shape index (κ1) is 26.8. The van der Waals surface area contributed by atoms with Crippen molar-refractivity contribution >= 4 is 35.8 Å². The number of aliphatic imine (C=N–C) groups is 1. The molecule has 3 N–H and O–H groups in total. The number of carbonyl (C=O) groups excluding carboxylic acids is 1. The van der Waals surface area contributed by atoms with Crippen molar-refractivity contribution in [3.63, 3.8) is 0 Å². The molecule has 7 nitrogen and oxygen atoms in total. The van der Waals surface area contributed by atoms with Crippen LogP contribution in [-0.4, -0.2) is 50.8 Å². The quantitative estimate of drug-likeness (QED) is 0.159. The fourth-order valence-electron chi connectivity index (χ4n) is 3.01. The number of hydrogen-bond acceptors (Lipinski definition) is 4. The number of ether oxygens (including phenoxy) is 2. The summed E-state index contributed by atoms with van der Waals surface area (Å²) >= 11 is 0. The van der Waals surface area contributed by atoms with Gasteiger partial charge in [-0.25, -0.2) is 0 Å². The van der Waals surface area contributed by atoms with Crippen molar-refractivity contribution < 1.29 is 14.3 Å². The summed E-state index contributed by atoms with van der Waals surface area (Å²) < 4.78 is 11.3. The fraction of sp³-hybridized carbons (Fsp3) is 0.440. The third-order valence-electron chi connectivity index (χ3n) is 4.93. The molecule has 8 heteroatoms. The Balaban J connectivity index is 0.00000385. The molecular formula is C25H35IN4O3. The Morgan fingerprint density at radius 2 is 1.67 bits per heavy atom. The highest BCUT2D eigenvalue weighted by atomic mass is 127. The van der Waals surface area contributed by atoms with Gasteiger partial charge in [0.2, 0.25) is 0 Å². The summed E-state index contributed by atoms with van der Waals surface area (Å²) in [5.41, 5.74) is 2.39. The molecule has 0 aromatic heterocycles. The minimum Gasteiger partial charge on any atom is -0.492 e. The zero-order valence-corrected chi connectivity index (χ0v) is 21.8. The standard InChI is InChI=1S/C25H34N4O3.HI/c1-3-26-25(28-16-17-31-22-10-4-19(2)5-11-22)27-15-14-20-6-12-23(13-7-20)32-18-24(30)29-21-8-9-21;/h4-7,10-13,21H,3,8-9,14-18H2,1-2H3,(H,29,30)(H2,26,27,28);1H. The van der Waals surface area contributed by atoms with Crippen LogP contribution < -0.4 is 25.4 Å². The number of nitrogens with zero attached hydrogens (tertiary/aromatic N) is 1. The Bertz CT molecular complexity index is 868. The Hall–Kier alpha value is -2.49. The smallest absolute Gasteiger partial charge is 0.258 e. The maximum atomic E-state index is 11.7. The van der Waals surface area contributed by atoms with Crippen molar-refractivity contribution in [2.24, 2.45) is 4.99 Å². The molecular weight excluding hydrogens is 531 g/mol. The highest BCUT2D eigenvalue weighted by Crippen LogP contribution is 2.18. The van der Waals surface area contributed by atoms with E-state index in [0.717, 1.165) is 37.5 Å². The molecule has 1 amide bonds. The van der Waals surface area contributed by atoms with E-state index < -0.39 is 0 Å². The van der Waals surface area contributed by atoms with Crippen molar-refractivity contribution in [1.29, 1.82) is 0 Å². The minimum absolute atomic E-state index is 0. The number of guanidine groups is 1. The molecule has 1 aliphatic carbocycles. The van der Waals surface area contributed by atoms with E-state index in [1.807, 2.05) is 55.5 Å². The zero-order chi connectivity index (χ0) is 22.6. The van der Waals surface area contributed by atoms with Crippen molar-refractivity contribution in [3.05, 3.63) is 59.7 Å². The van der Waals surface area contributed by atoms with Crippen LogP contribution >= 0.6 is 24.0 Å². The molecule has 0 unspecified atom stereocenters. The number of nitrogens with one attached hydrogen (secondary N) is 3. The molecule has 0 aliphatic heterocycles. The van der Waals surface area contributed by atoms with Gasteiger partial charge in [-0.1, -0.05) is 29.8 Å². The predicted molar refractivity (Wildman–Crippen MR) is 143 cm³/mol. The molecule has 0 saturated heterocycles. The van der Waals surface area contributed by atoms with Crippen LogP contribution in [0.15, 0.2) is 53.5 Å². The number of amides is 1. The topological polar surface area (TPSA) is 84.0 Å². The lowest BCUT2D eigenvalue weighted by Crippen LogP contribution is -2.39. The maximum Gasteiger partial charge on any atom is 0.258 e. The number of benzene rings is 2. The van der Waals surface area contributed by atoms with Crippen LogP contribution in [0.2, 0.25) is 0 Å². The summed E-state index contributed by atoms with van der Waals surface area (Å²) in [6.45, 7) is 6.86. The molecule has 1 saturated carbocycles. The van der Waals surface area contributed by atoms with Crippen LogP contribution in [0.4, 0.5) is 0 Å². The monoisotopic (exact) mass is 566 g/mol. The number of rotatable bonds is 12. The van der Waals surface area contributed by atoms with Gasteiger partial charge in [0.15, 0.2) is 12.6 Å². The van der Waals surface area contributed by atoms with Gasteiger partial charge in [-0.05, 0) is 62.9 Å². The SMILES string of the molecule is CCNC(=NCCc1ccc(OCC(=O)NC2CC2)cc1)NCCOc1ccc(C)cc1.I. The highest BCUT2D eigenvalue weighted by Gasteiger charge is 2.23. The third-order valence-corrected chi connectivity index (χ3v) is 4.93. The average molecular weight is 566 g/mol. The van der Waals surface area contributed by atoms with Crippen LogP contribution in [0.25, 0.3) is 0 Å². The minimum atomic E-state index is -0.0568. The lowest BCUT2D eigenvalue weighted by atomic mass is 10.1. The first-order valence-corrected chi connectivity index (χ1v) is 11.3. The molecule has 180 valence electrons. The van der Waals surface area contributed by atoms with Gasteiger partial charge in [-0.2, -0.15) is 0 Å². The van der Waals surface area contributed by atoms with E-state index in [9.17, 15) is 4.79 Å². The largest absolute Gasteiger partial charge is 0.492 e. The van der Waals surface area contributed by atoms with E-state index in [0.29, 0.717) is 31.5 Å². The lowest BCUT2D eigenvalue weighted by Gasteiger charge is -2.12. The number of hydrogen-bond donors (Lipinski definition) is 3.